The van der Waals surface area contributed by atoms with Crippen molar-refractivity contribution in [3.05, 3.63) is 23.3 Å². The minimum Gasteiger partial charge on any atom is -0.466 e. The van der Waals surface area contributed by atoms with Gasteiger partial charge in [-0.25, -0.2) is 4.79 Å². The molecule has 0 aromatic carbocycles. The Labute approximate surface area is 144 Å². The van der Waals surface area contributed by atoms with Crippen molar-refractivity contribution in [3.63, 3.8) is 0 Å². The van der Waals surface area contributed by atoms with Crippen LogP contribution in [0.5, 0.6) is 0 Å². The molecule has 0 aliphatic carbocycles. The van der Waals surface area contributed by atoms with Gasteiger partial charge in [-0.15, -0.1) is 0 Å². The van der Waals surface area contributed by atoms with Crippen molar-refractivity contribution >= 4 is 11.9 Å². The number of carbonyl (C=O) groups excluding carboxylic acids is 2. The molecule has 1 rings (SSSR count). The molecule has 0 spiro atoms. The maximum atomic E-state index is 11.2. The highest BCUT2D eigenvalue weighted by atomic mass is 16.6. The fourth-order valence-electron chi connectivity index (χ4n) is 3.07. The lowest BCUT2D eigenvalue weighted by Gasteiger charge is -2.33. The van der Waals surface area contributed by atoms with Gasteiger partial charge in [0.25, 0.3) is 0 Å². The minimum atomic E-state index is -0.331. The number of aliphatic hydroxyl groups is 1. The third-order valence-electron chi connectivity index (χ3n) is 4.34. The van der Waals surface area contributed by atoms with Crippen molar-refractivity contribution in [2.24, 2.45) is 11.8 Å². The fourth-order valence-corrected chi connectivity index (χ4v) is 3.07. The quantitative estimate of drug-likeness (QED) is 0.287. The van der Waals surface area contributed by atoms with Crippen LogP contribution in [0.3, 0.4) is 0 Å². The monoisotopic (exact) mass is 338 g/mol. The molecule has 1 aliphatic heterocycles. The lowest BCUT2D eigenvalue weighted by molar-refractivity contribution is -0.189. The molecule has 1 N–H and O–H groups in total. The lowest BCUT2D eigenvalue weighted by atomic mass is 9.91. The number of methoxy groups -OCH3 is 1. The van der Waals surface area contributed by atoms with E-state index in [4.69, 9.17) is 9.84 Å². The highest BCUT2D eigenvalue weighted by Crippen LogP contribution is 2.27. The van der Waals surface area contributed by atoms with Gasteiger partial charge in [-0.1, -0.05) is 31.4 Å². The largest absolute Gasteiger partial charge is 0.466 e. The van der Waals surface area contributed by atoms with Gasteiger partial charge in [0.15, 0.2) is 0 Å². The van der Waals surface area contributed by atoms with E-state index in [1.54, 1.807) is 0 Å². The molecule has 0 bridgehead atoms. The second-order valence-electron chi connectivity index (χ2n) is 6.76. The van der Waals surface area contributed by atoms with Crippen molar-refractivity contribution < 1.29 is 24.2 Å². The van der Waals surface area contributed by atoms with Crippen molar-refractivity contribution in [2.75, 3.05) is 13.7 Å². The molecule has 1 fully saturated rings. The Morgan fingerprint density at radius 3 is 2.62 bits per heavy atom. The predicted octanol–water partition coefficient (Wildman–Crippen LogP) is 3.17. The zero-order valence-electron chi connectivity index (χ0n) is 15.2. The molecule has 3 atom stereocenters. The molecule has 0 aromatic heterocycles. The van der Waals surface area contributed by atoms with E-state index in [-0.39, 0.29) is 30.6 Å². The van der Waals surface area contributed by atoms with Crippen LogP contribution in [0.2, 0.25) is 0 Å². The Bertz CT molecular complexity index is 492. The van der Waals surface area contributed by atoms with Crippen molar-refractivity contribution in [2.45, 2.75) is 59.0 Å². The van der Waals surface area contributed by atoms with Gasteiger partial charge in [0, 0.05) is 6.08 Å². The smallest absolute Gasteiger partial charge is 0.330 e. The molecule has 0 amide bonds. The van der Waals surface area contributed by atoms with E-state index in [0.717, 1.165) is 37.7 Å². The van der Waals surface area contributed by atoms with E-state index in [9.17, 15) is 9.59 Å². The van der Waals surface area contributed by atoms with Crippen LogP contribution in [0.4, 0.5) is 0 Å². The summed E-state index contributed by atoms with van der Waals surface area (Å²) in [5.41, 5.74) is 2.14. The van der Waals surface area contributed by atoms with Crippen LogP contribution in [0, 0.1) is 11.8 Å². The molecule has 1 heterocycles. The normalized spacial score (nSPS) is 22.6. The zero-order valence-corrected chi connectivity index (χ0v) is 15.2. The van der Waals surface area contributed by atoms with Gasteiger partial charge < -0.3 is 14.6 Å². The molecule has 5 nitrogen and oxygen atoms in total. The molecule has 1 aliphatic rings. The molecule has 0 radical (unpaired) electrons. The Balaban J connectivity index is 2.23. The number of carbonyl (C=O) groups is 2. The summed E-state index contributed by atoms with van der Waals surface area (Å²) in [4.78, 5) is 22.3. The second-order valence-corrected chi connectivity index (χ2v) is 6.76. The molecule has 0 saturated carbocycles. The number of allylic oxidation sites excluding steroid dienone is 3. The number of esters is 2. The van der Waals surface area contributed by atoms with Gasteiger partial charge >= 0.3 is 11.9 Å². The molecule has 24 heavy (non-hydrogen) atoms. The van der Waals surface area contributed by atoms with Crippen molar-refractivity contribution in [1.82, 2.24) is 0 Å². The van der Waals surface area contributed by atoms with Crippen LogP contribution in [0.25, 0.3) is 0 Å². The van der Waals surface area contributed by atoms with Crippen LogP contribution < -0.4 is 0 Å². The summed E-state index contributed by atoms with van der Waals surface area (Å²) >= 11 is 0. The van der Waals surface area contributed by atoms with E-state index < -0.39 is 0 Å². The average Bonchev–Trinajstić information content (AvgIpc) is 2.49. The second kappa shape index (κ2) is 10.3. The van der Waals surface area contributed by atoms with Crippen molar-refractivity contribution in [1.29, 1.82) is 0 Å². The molecular weight excluding hydrogens is 308 g/mol. The van der Waals surface area contributed by atoms with Crippen molar-refractivity contribution in [3.8, 4) is 0 Å². The predicted molar refractivity (Wildman–Crippen MR) is 92.2 cm³/mol. The van der Waals surface area contributed by atoms with Gasteiger partial charge in [-0.3, -0.25) is 4.79 Å². The van der Waals surface area contributed by atoms with Gasteiger partial charge in [0.2, 0.25) is 0 Å². The maximum Gasteiger partial charge on any atom is 0.330 e. The molecule has 5 heteroatoms. The van der Waals surface area contributed by atoms with Crippen LogP contribution in [-0.4, -0.2) is 36.9 Å². The first-order valence-electron chi connectivity index (χ1n) is 8.62. The number of ether oxygens (including phenoxy) is 2. The first-order chi connectivity index (χ1) is 11.4. The topological polar surface area (TPSA) is 72.8 Å². The number of rotatable bonds is 10. The number of hydrogen-bond acceptors (Lipinski definition) is 5. The molecule has 1 unspecified atom stereocenters. The Morgan fingerprint density at radius 2 is 2.04 bits per heavy atom. The molecule has 1 saturated heterocycles. The highest BCUT2D eigenvalue weighted by molar-refractivity contribution is 5.83. The van der Waals surface area contributed by atoms with E-state index in [1.165, 1.54) is 18.8 Å². The average molecular weight is 338 g/mol. The lowest BCUT2D eigenvalue weighted by Crippen LogP contribution is -2.47. The van der Waals surface area contributed by atoms with E-state index in [0.29, 0.717) is 5.92 Å². The van der Waals surface area contributed by atoms with E-state index >= 15 is 0 Å². The van der Waals surface area contributed by atoms with Crippen LogP contribution in [-0.2, 0) is 19.1 Å². The molecule has 0 aromatic rings. The number of hydrogen-bond donors (Lipinski definition) is 1. The summed E-state index contributed by atoms with van der Waals surface area (Å²) in [7, 11) is 1.37. The van der Waals surface area contributed by atoms with Crippen LogP contribution >= 0.6 is 0 Å². The standard InChI is InChI=1S/C19H30O5/c1-13(9-14(2)10-15(3)11-18(21)23-4)7-5-6-8-17-16(12-20)19(22)24-17/h10-11,13,16-17,20H,5-9,12H2,1-4H3/t13?,16-,17-/m0/s1. The number of unbranched alkanes of at least 4 members (excludes halogenated alkanes) is 1. The summed E-state index contributed by atoms with van der Waals surface area (Å²) in [6.07, 6.45) is 8.43. The molecule has 136 valence electrons. The third kappa shape index (κ3) is 6.87. The summed E-state index contributed by atoms with van der Waals surface area (Å²) < 4.78 is 9.66. The maximum absolute atomic E-state index is 11.2. The highest BCUT2D eigenvalue weighted by Gasteiger charge is 2.41. The van der Waals surface area contributed by atoms with Crippen LogP contribution in [0.1, 0.15) is 52.9 Å². The van der Waals surface area contributed by atoms with Gasteiger partial charge in [0.05, 0.1) is 13.7 Å². The fraction of sp³-hybridized carbons (Fsp3) is 0.684. The Hall–Kier alpha value is -1.62. The molecular formula is C19H30O5. The number of cyclic esters (lactones) is 1. The summed E-state index contributed by atoms with van der Waals surface area (Å²) in [5.74, 6) is -0.351. The SMILES string of the molecule is COC(=O)C=C(C)C=C(C)CC(C)CCCC[C@@H]1OC(=O)[C@H]1CO. The van der Waals surface area contributed by atoms with Crippen LogP contribution in [0.15, 0.2) is 23.3 Å². The first-order valence-corrected chi connectivity index (χ1v) is 8.62. The Kier molecular flexibility index (Phi) is 8.76. The third-order valence-corrected chi connectivity index (χ3v) is 4.34. The zero-order chi connectivity index (χ0) is 18.1. The summed E-state index contributed by atoms with van der Waals surface area (Å²) in [5, 5.41) is 9.07. The minimum absolute atomic E-state index is 0.0921. The van der Waals surface area contributed by atoms with Gasteiger partial charge in [-0.05, 0) is 44.6 Å². The van der Waals surface area contributed by atoms with Gasteiger partial charge in [-0.2, -0.15) is 0 Å². The summed E-state index contributed by atoms with van der Waals surface area (Å²) in [6, 6.07) is 0. The first kappa shape index (κ1) is 20.4. The van der Waals surface area contributed by atoms with E-state index in [1.807, 2.05) is 13.0 Å². The van der Waals surface area contributed by atoms with E-state index in [2.05, 4.69) is 18.6 Å². The number of aliphatic hydroxyl groups excluding tert-OH is 1. The Morgan fingerprint density at radius 1 is 1.33 bits per heavy atom. The van der Waals surface area contributed by atoms with Gasteiger partial charge in [0.1, 0.15) is 12.0 Å². The summed E-state index contributed by atoms with van der Waals surface area (Å²) in [6.45, 7) is 6.08.